The molecule has 0 aliphatic rings. The molecular weight excluding hydrogens is 1030 g/mol. The second-order valence-electron chi connectivity index (χ2n) is 25.6. The summed E-state index contributed by atoms with van der Waals surface area (Å²) in [6.45, 7) is 4.50. The van der Waals surface area contributed by atoms with Crippen LogP contribution < -0.4 is 0 Å². The fourth-order valence-electron chi connectivity index (χ4n) is 10.8. The molecule has 10 heteroatoms. The van der Waals surface area contributed by atoms with Crippen LogP contribution in [-0.4, -0.2) is 74.9 Å². The highest BCUT2D eigenvalue weighted by molar-refractivity contribution is 7.47. The van der Waals surface area contributed by atoms with Gasteiger partial charge in [0.25, 0.3) is 0 Å². The Morgan fingerprint density at radius 3 is 0.975 bits per heavy atom. The van der Waals surface area contributed by atoms with Crippen molar-refractivity contribution < 1.29 is 42.1 Å². The number of rotatable bonds is 67. The highest BCUT2D eigenvalue weighted by Crippen LogP contribution is 2.43. The first-order valence-electron chi connectivity index (χ1n) is 35.6. The topological polar surface area (TPSA) is 108 Å². The third kappa shape index (κ3) is 67.5. The Labute approximate surface area is 504 Å². The number of esters is 2. The largest absolute Gasteiger partial charge is 0.472 e. The van der Waals surface area contributed by atoms with E-state index in [1.807, 2.05) is 21.1 Å². The molecule has 0 aliphatic heterocycles. The van der Waals surface area contributed by atoms with Gasteiger partial charge in [0.2, 0.25) is 0 Å². The van der Waals surface area contributed by atoms with Crippen molar-refractivity contribution in [1.82, 2.24) is 0 Å². The number of hydrogen-bond donors (Lipinski definition) is 1. The number of carbonyl (C=O) groups is 2. The van der Waals surface area contributed by atoms with Crippen LogP contribution in [0.1, 0.15) is 367 Å². The number of unbranched alkanes of at least 4 members (excludes halogenated alkanes) is 49. The van der Waals surface area contributed by atoms with Gasteiger partial charge < -0.3 is 18.9 Å². The fourth-order valence-corrected chi connectivity index (χ4v) is 11.5. The molecule has 0 radical (unpaired) electrons. The van der Waals surface area contributed by atoms with E-state index >= 15 is 0 Å². The normalized spacial score (nSPS) is 13.2. The van der Waals surface area contributed by atoms with Crippen LogP contribution in [0.25, 0.3) is 0 Å². The minimum atomic E-state index is -4.39. The van der Waals surface area contributed by atoms with E-state index in [4.69, 9.17) is 18.5 Å². The number of phosphoric acid groups is 1. The number of quaternary nitrogens is 1. The molecule has 2 atom stereocenters. The van der Waals surface area contributed by atoms with Crippen molar-refractivity contribution in [3.63, 3.8) is 0 Å². The van der Waals surface area contributed by atoms with Crippen molar-refractivity contribution in [1.29, 1.82) is 0 Å². The number of phosphoric ester groups is 1. The summed E-state index contributed by atoms with van der Waals surface area (Å²) in [7, 11) is 1.50. The lowest BCUT2D eigenvalue weighted by Crippen LogP contribution is -2.37. The molecule has 1 N–H and O–H groups in total. The molecular formula is C71H139NO8P+. The quantitative estimate of drug-likeness (QED) is 0.0211. The molecule has 0 aromatic rings. The van der Waals surface area contributed by atoms with Crippen molar-refractivity contribution in [2.24, 2.45) is 0 Å². The van der Waals surface area contributed by atoms with Crippen LogP contribution in [0.4, 0.5) is 0 Å². The van der Waals surface area contributed by atoms with Crippen molar-refractivity contribution in [2.75, 3.05) is 47.5 Å². The summed E-state index contributed by atoms with van der Waals surface area (Å²) in [6.07, 6.45) is 78.6. The molecule has 0 spiro atoms. The number of likely N-dealkylation sites (N-methyl/N-ethyl adjacent to an activating group) is 1. The summed E-state index contributed by atoms with van der Waals surface area (Å²) < 4.78 is 34.7. The van der Waals surface area contributed by atoms with Gasteiger partial charge in [0.1, 0.15) is 19.8 Å². The molecule has 480 valence electrons. The summed E-state index contributed by atoms with van der Waals surface area (Å²) in [4.78, 5) is 35.9. The van der Waals surface area contributed by atoms with Crippen LogP contribution in [-0.2, 0) is 32.7 Å². The van der Waals surface area contributed by atoms with E-state index in [9.17, 15) is 19.0 Å². The SMILES string of the molecule is CCCCCCC/C=C\C/C=C\CCCCCCCCCCCCCCCC(=O)OC(COC(=O)CCCCCCCCCCCCCCCCCCCCCCCCCCCCCCCCCC)COP(=O)(O)OCC[N+](C)(C)C. The zero-order chi connectivity index (χ0) is 59.1. The smallest absolute Gasteiger partial charge is 0.462 e. The van der Waals surface area contributed by atoms with Crippen molar-refractivity contribution in [3.05, 3.63) is 24.3 Å². The molecule has 0 aromatic carbocycles. The molecule has 0 aliphatic carbocycles. The minimum absolute atomic E-state index is 0.0347. The Bertz CT molecular complexity index is 1420. The van der Waals surface area contributed by atoms with Gasteiger partial charge in [-0.05, 0) is 44.9 Å². The maximum atomic E-state index is 12.9. The number of nitrogens with zero attached hydrogens (tertiary/aromatic N) is 1. The van der Waals surface area contributed by atoms with Crippen LogP contribution in [0, 0.1) is 0 Å². The van der Waals surface area contributed by atoms with E-state index in [1.54, 1.807) is 0 Å². The van der Waals surface area contributed by atoms with E-state index in [-0.39, 0.29) is 25.6 Å². The van der Waals surface area contributed by atoms with Gasteiger partial charge in [-0.2, -0.15) is 0 Å². The van der Waals surface area contributed by atoms with Gasteiger partial charge in [0, 0.05) is 12.8 Å². The van der Waals surface area contributed by atoms with Gasteiger partial charge in [-0.15, -0.1) is 0 Å². The summed E-state index contributed by atoms with van der Waals surface area (Å²) in [5.41, 5.74) is 0. The molecule has 0 bridgehead atoms. The van der Waals surface area contributed by atoms with Crippen molar-refractivity contribution in [3.8, 4) is 0 Å². The van der Waals surface area contributed by atoms with E-state index in [0.29, 0.717) is 23.9 Å². The van der Waals surface area contributed by atoms with Crippen molar-refractivity contribution in [2.45, 2.75) is 373 Å². The van der Waals surface area contributed by atoms with Crippen molar-refractivity contribution >= 4 is 19.8 Å². The highest BCUT2D eigenvalue weighted by atomic mass is 31.2. The van der Waals surface area contributed by atoms with Crippen LogP contribution in [0.2, 0.25) is 0 Å². The highest BCUT2D eigenvalue weighted by Gasteiger charge is 2.27. The third-order valence-corrected chi connectivity index (χ3v) is 17.2. The molecule has 0 saturated carbocycles. The fraction of sp³-hybridized carbons (Fsp3) is 0.915. The summed E-state index contributed by atoms with van der Waals surface area (Å²) in [6, 6.07) is 0. The zero-order valence-electron chi connectivity index (χ0n) is 54.8. The van der Waals surface area contributed by atoms with E-state index in [0.717, 1.165) is 38.5 Å². The first-order valence-corrected chi connectivity index (χ1v) is 37.1. The predicted molar refractivity (Wildman–Crippen MR) is 349 cm³/mol. The standard InChI is InChI=1S/C71H138NO8P/c1-6-8-10-12-14-16-18-20-22-24-26-28-30-32-33-34-35-36-37-38-40-41-43-45-47-49-51-53-55-57-59-61-63-70(73)77-67-69(68-79-81(75,76)78-66-65-72(3,4)5)80-71(74)64-62-60-58-56-54-52-50-48-46-44-42-39-31-29-27-25-23-21-19-17-15-13-11-9-7-2/h19,21,25,27,69H,6-18,20,22-24,26,28-68H2,1-5H3/p+1/b21-19-,27-25-. The van der Waals surface area contributed by atoms with E-state index in [1.165, 1.54) is 295 Å². The average Bonchev–Trinajstić information content (AvgIpc) is 3.43. The van der Waals surface area contributed by atoms with Gasteiger partial charge in [-0.25, -0.2) is 4.57 Å². The van der Waals surface area contributed by atoms with E-state index in [2.05, 4.69) is 38.2 Å². The van der Waals surface area contributed by atoms with Crippen LogP contribution in [0.5, 0.6) is 0 Å². The Morgan fingerprint density at radius 2 is 0.667 bits per heavy atom. The molecule has 81 heavy (non-hydrogen) atoms. The molecule has 0 heterocycles. The molecule has 0 amide bonds. The maximum Gasteiger partial charge on any atom is 0.472 e. The van der Waals surface area contributed by atoms with Gasteiger partial charge >= 0.3 is 19.8 Å². The molecule has 9 nitrogen and oxygen atoms in total. The summed E-state index contributed by atoms with van der Waals surface area (Å²) in [5.74, 6) is -0.776. The predicted octanol–water partition coefficient (Wildman–Crippen LogP) is 22.9. The molecule has 2 unspecified atom stereocenters. The lowest BCUT2D eigenvalue weighted by Gasteiger charge is -2.24. The molecule has 0 fully saturated rings. The second-order valence-corrected chi connectivity index (χ2v) is 27.1. The Kier molecular flexibility index (Phi) is 61.8. The number of hydrogen-bond acceptors (Lipinski definition) is 7. The maximum absolute atomic E-state index is 12.9. The Morgan fingerprint density at radius 1 is 0.383 bits per heavy atom. The van der Waals surface area contributed by atoms with Crippen LogP contribution >= 0.6 is 7.82 Å². The second kappa shape index (κ2) is 63.0. The van der Waals surface area contributed by atoms with Crippen LogP contribution in [0.3, 0.4) is 0 Å². The van der Waals surface area contributed by atoms with Gasteiger partial charge in [-0.1, -0.05) is 334 Å². The Balaban J connectivity index is 3.97. The monoisotopic (exact) mass is 1170 g/mol. The first-order chi connectivity index (χ1) is 39.5. The van der Waals surface area contributed by atoms with E-state index < -0.39 is 26.5 Å². The molecule has 0 aromatic heterocycles. The number of allylic oxidation sites excluding steroid dienone is 4. The Hall–Kier alpha value is -1.51. The van der Waals surface area contributed by atoms with Gasteiger partial charge in [0.15, 0.2) is 6.10 Å². The minimum Gasteiger partial charge on any atom is -0.462 e. The average molecular weight is 1170 g/mol. The zero-order valence-corrected chi connectivity index (χ0v) is 55.7. The first kappa shape index (κ1) is 79.5. The summed E-state index contributed by atoms with van der Waals surface area (Å²) >= 11 is 0. The lowest BCUT2D eigenvalue weighted by atomic mass is 10.0. The van der Waals surface area contributed by atoms with Crippen LogP contribution in [0.15, 0.2) is 24.3 Å². The third-order valence-electron chi connectivity index (χ3n) is 16.2. The van der Waals surface area contributed by atoms with Gasteiger partial charge in [0.05, 0.1) is 27.7 Å². The number of carbonyl (C=O) groups excluding carboxylic acids is 2. The molecule has 0 rings (SSSR count). The summed E-state index contributed by atoms with van der Waals surface area (Å²) in [5, 5.41) is 0. The lowest BCUT2D eigenvalue weighted by molar-refractivity contribution is -0.870. The van der Waals surface area contributed by atoms with Gasteiger partial charge in [-0.3, -0.25) is 18.6 Å². The number of ether oxygens (including phenoxy) is 2. The molecule has 0 saturated heterocycles.